The van der Waals surface area contributed by atoms with Gasteiger partial charge >= 0.3 is 0 Å². The van der Waals surface area contributed by atoms with Crippen molar-refractivity contribution in [1.82, 2.24) is 20.2 Å². The number of rotatable bonds is 5. The maximum atomic E-state index is 12.6. The number of fused-ring (bicyclic) bond motifs is 1. The molecule has 0 aliphatic carbocycles. The third-order valence-electron chi connectivity index (χ3n) is 5.43. The van der Waals surface area contributed by atoms with E-state index >= 15 is 0 Å². The summed E-state index contributed by atoms with van der Waals surface area (Å²) in [5.41, 5.74) is 4.51. The van der Waals surface area contributed by atoms with Gasteiger partial charge < -0.3 is 19.9 Å². The first-order chi connectivity index (χ1) is 15.7. The Morgan fingerprint density at radius 2 is 2.03 bits per heavy atom. The number of aliphatic hydroxyl groups is 1. The SMILES string of the molecule is CC(=O)O.Cc1ccc(C)c(CC(=O)N[C@@H]2CN(Cc3nc4ncccc4o3)CC[C@@H]2O)c1. The quantitative estimate of drug-likeness (QED) is 0.535. The van der Waals surface area contributed by atoms with Crippen LogP contribution < -0.4 is 5.32 Å². The van der Waals surface area contributed by atoms with Gasteiger partial charge in [0.05, 0.1) is 25.1 Å². The highest BCUT2D eigenvalue weighted by Gasteiger charge is 2.29. The molecule has 1 aromatic carbocycles. The lowest BCUT2D eigenvalue weighted by Gasteiger charge is -2.35. The summed E-state index contributed by atoms with van der Waals surface area (Å²) in [5.74, 6) is -0.314. The van der Waals surface area contributed by atoms with Crippen LogP contribution in [-0.4, -0.2) is 62.2 Å². The highest BCUT2D eigenvalue weighted by molar-refractivity contribution is 5.79. The maximum Gasteiger partial charge on any atom is 0.300 e. The van der Waals surface area contributed by atoms with Gasteiger partial charge in [-0.3, -0.25) is 14.5 Å². The molecule has 1 saturated heterocycles. The number of likely N-dealkylation sites (tertiary alicyclic amines) is 1. The predicted molar refractivity (Wildman–Crippen MR) is 123 cm³/mol. The van der Waals surface area contributed by atoms with E-state index in [2.05, 4.69) is 20.2 Å². The summed E-state index contributed by atoms with van der Waals surface area (Å²) in [6.07, 6.45) is 2.03. The Balaban J connectivity index is 0.000000709. The molecule has 0 radical (unpaired) electrons. The fourth-order valence-corrected chi connectivity index (χ4v) is 3.79. The second kappa shape index (κ2) is 11.0. The summed E-state index contributed by atoms with van der Waals surface area (Å²) < 4.78 is 5.75. The van der Waals surface area contributed by atoms with Gasteiger partial charge in [-0.05, 0) is 43.5 Å². The molecule has 0 unspecified atom stereocenters. The average molecular weight is 455 g/mol. The van der Waals surface area contributed by atoms with Gasteiger partial charge in [0.2, 0.25) is 11.8 Å². The number of aryl methyl sites for hydroxylation is 2. The molecule has 4 rings (SSSR count). The smallest absolute Gasteiger partial charge is 0.300 e. The molecule has 3 N–H and O–H groups in total. The highest BCUT2D eigenvalue weighted by atomic mass is 16.4. The molecule has 9 heteroatoms. The van der Waals surface area contributed by atoms with Crippen LogP contribution in [0.25, 0.3) is 11.2 Å². The Morgan fingerprint density at radius 1 is 1.27 bits per heavy atom. The van der Waals surface area contributed by atoms with E-state index in [-0.39, 0.29) is 11.9 Å². The van der Waals surface area contributed by atoms with Crippen LogP contribution in [0.3, 0.4) is 0 Å². The van der Waals surface area contributed by atoms with Crippen LogP contribution in [0.5, 0.6) is 0 Å². The average Bonchev–Trinajstić information content (AvgIpc) is 3.15. The normalized spacial score (nSPS) is 18.4. The molecular weight excluding hydrogens is 424 g/mol. The summed E-state index contributed by atoms with van der Waals surface area (Å²) in [6.45, 7) is 6.90. The van der Waals surface area contributed by atoms with E-state index in [0.29, 0.717) is 43.1 Å². The standard InChI is InChI=1S/C22H26N4O3.C2H4O2/c1-14-5-6-15(2)16(10-14)11-20(28)24-17-12-26(9-7-18(17)27)13-21-25-22-19(29-21)4-3-8-23-22;1-2(3)4/h3-6,8,10,17-18,27H,7,9,11-13H2,1-2H3,(H,24,28);1H3,(H,3,4)/t17-,18+;/m1./s1. The van der Waals surface area contributed by atoms with Crippen molar-refractivity contribution in [2.24, 2.45) is 0 Å². The zero-order valence-corrected chi connectivity index (χ0v) is 19.1. The number of hydrogen-bond acceptors (Lipinski definition) is 7. The number of benzene rings is 1. The minimum Gasteiger partial charge on any atom is -0.481 e. The largest absolute Gasteiger partial charge is 0.481 e. The van der Waals surface area contributed by atoms with E-state index in [9.17, 15) is 9.90 Å². The minimum atomic E-state index is -0.833. The van der Waals surface area contributed by atoms with Crippen LogP contribution in [0.1, 0.15) is 35.9 Å². The number of carboxylic acids is 1. The zero-order valence-electron chi connectivity index (χ0n) is 19.1. The Morgan fingerprint density at radius 3 is 2.76 bits per heavy atom. The summed E-state index contributed by atoms with van der Waals surface area (Å²) in [7, 11) is 0. The summed E-state index contributed by atoms with van der Waals surface area (Å²) >= 11 is 0. The van der Waals surface area contributed by atoms with Crippen molar-refractivity contribution in [3.8, 4) is 0 Å². The summed E-state index contributed by atoms with van der Waals surface area (Å²) in [5, 5.41) is 20.8. The summed E-state index contributed by atoms with van der Waals surface area (Å²) in [4.78, 5) is 32.3. The van der Waals surface area contributed by atoms with Crippen molar-refractivity contribution in [2.75, 3.05) is 13.1 Å². The number of carbonyl (C=O) groups excluding carboxylic acids is 1. The highest BCUT2D eigenvalue weighted by Crippen LogP contribution is 2.18. The van der Waals surface area contributed by atoms with Crippen LogP contribution in [0.4, 0.5) is 0 Å². The van der Waals surface area contributed by atoms with Crippen LogP contribution in [0.2, 0.25) is 0 Å². The van der Waals surface area contributed by atoms with Crippen molar-refractivity contribution >= 4 is 23.1 Å². The van der Waals surface area contributed by atoms with Gasteiger partial charge in [-0.1, -0.05) is 23.8 Å². The van der Waals surface area contributed by atoms with E-state index in [1.54, 1.807) is 6.20 Å². The maximum absolute atomic E-state index is 12.6. The Bertz CT molecular complexity index is 1080. The molecule has 1 fully saturated rings. The van der Waals surface area contributed by atoms with Crippen molar-refractivity contribution in [2.45, 2.75) is 52.3 Å². The molecule has 9 nitrogen and oxygen atoms in total. The summed E-state index contributed by atoms with van der Waals surface area (Å²) in [6, 6.07) is 9.46. The fourth-order valence-electron chi connectivity index (χ4n) is 3.79. The number of aliphatic hydroxyl groups excluding tert-OH is 1. The molecule has 2 aromatic heterocycles. The number of amides is 1. The van der Waals surface area contributed by atoms with E-state index in [0.717, 1.165) is 30.2 Å². The molecule has 1 aliphatic rings. The molecule has 1 amide bonds. The van der Waals surface area contributed by atoms with E-state index < -0.39 is 12.1 Å². The number of aliphatic carboxylic acids is 1. The molecule has 2 atom stereocenters. The first-order valence-corrected chi connectivity index (χ1v) is 10.9. The number of pyridine rings is 1. The van der Waals surface area contributed by atoms with Gasteiger partial charge in [0.15, 0.2) is 11.2 Å². The lowest BCUT2D eigenvalue weighted by Crippen LogP contribution is -2.55. The number of hydrogen-bond donors (Lipinski definition) is 3. The molecule has 0 spiro atoms. The van der Waals surface area contributed by atoms with Crippen molar-refractivity contribution < 1.29 is 24.2 Å². The van der Waals surface area contributed by atoms with Gasteiger partial charge in [-0.15, -0.1) is 0 Å². The molecule has 33 heavy (non-hydrogen) atoms. The van der Waals surface area contributed by atoms with Crippen molar-refractivity contribution in [3.63, 3.8) is 0 Å². The molecule has 1 aliphatic heterocycles. The molecule has 0 bridgehead atoms. The van der Waals surface area contributed by atoms with Crippen LogP contribution in [0, 0.1) is 13.8 Å². The molecule has 3 aromatic rings. The minimum absolute atomic E-state index is 0.0735. The molecule has 176 valence electrons. The zero-order chi connectivity index (χ0) is 24.0. The van der Waals surface area contributed by atoms with Gasteiger partial charge in [-0.25, -0.2) is 4.98 Å². The fraction of sp³-hybridized carbons (Fsp3) is 0.417. The number of carboxylic acid groups (broad SMARTS) is 1. The Kier molecular flexibility index (Phi) is 8.13. The van der Waals surface area contributed by atoms with Gasteiger partial charge in [0.25, 0.3) is 5.97 Å². The lowest BCUT2D eigenvalue weighted by molar-refractivity contribution is -0.134. The Hall–Kier alpha value is -3.30. The van der Waals surface area contributed by atoms with E-state index in [1.165, 1.54) is 0 Å². The first kappa shape index (κ1) is 24.3. The van der Waals surface area contributed by atoms with Crippen LogP contribution >= 0.6 is 0 Å². The van der Waals surface area contributed by atoms with E-state index in [1.807, 2.05) is 44.2 Å². The van der Waals surface area contributed by atoms with E-state index in [4.69, 9.17) is 14.3 Å². The van der Waals surface area contributed by atoms with Gasteiger partial charge in [0.1, 0.15) is 0 Å². The third kappa shape index (κ3) is 7.10. The number of nitrogens with one attached hydrogen (secondary N) is 1. The van der Waals surface area contributed by atoms with Gasteiger partial charge in [0, 0.05) is 26.2 Å². The molecule has 0 saturated carbocycles. The lowest BCUT2D eigenvalue weighted by atomic mass is 10.00. The predicted octanol–water partition coefficient (Wildman–Crippen LogP) is 2.22. The number of aromatic nitrogens is 2. The molecular formula is C24H30N4O5. The third-order valence-corrected chi connectivity index (χ3v) is 5.43. The number of oxazole rings is 1. The van der Waals surface area contributed by atoms with Crippen LogP contribution in [0.15, 0.2) is 40.9 Å². The Labute approximate surface area is 192 Å². The van der Waals surface area contributed by atoms with Crippen molar-refractivity contribution in [3.05, 3.63) is 59.1 Å². The monoisotopic (exact) mass is 454 g/mol. The first-order valence-electron chi connectivity index (χ1n) is 10.9. The number of carbonyl (C=O) groups is 2. The van der Waals surface area contributed by atoms with Gasteiger partial charge in [-0.2, -0.15) is 4.98 Å². The molecule has 3 heterocycles. The second-order valence-corrected chi connectivity index (χ2v) is 8.32. The van der Waals surface area contributed by atoms with Crippen molar-refractivity contribution in [1.29, 1.82) is 0 Å². The van der Waals surface area contributed by atoms with Crippen LogP contribution in [-0.2, 0) is 22.6 Å². The number of piperidine rings is 1. The topological polar surface area (TPSA) is 129 Å². The second-order valence-electron chi connectivity index (χ2n) is 8.32. The number of nitrogens with zero attached hydrogens (tertiary/aromatic N) is 3.